The lowest BCUT2D eigenvalue weighted by Gasteiger charge is -2.23. The molecule has 0 saturated heterocycles. The highest BCUT2D eigenvalue weighted by molar-refractivity contribution is 5.88. The number of para-hydroxylation sites is 1. The molecule has 3 rings (SSSR count). The highest BCUT2D eigenvalue weighted by Crippen LogP contribution is 2.19. The lowest BCUT2D eigenvalue weighted by atomic mass is 9.96. The molecule has 0 bridgehead atoms. The second kappa shape index (κ2) is 14.7. The van der Waals surface area contributed by atoms with Crippen molar-refractivity contribution in [3.05, 3.63) is 72.2 Å². The van der Waals surface area contributed by atoms with E-state index in [2.05, 4.69) is 70.3 Å². The number of fused-ring (bicyclic) bond motifs is 1. The molecule has 0 aliphatic rings. The first-order chi connectivity index (χ1) is 18.0. The molecule has 0 spiro atoms. The Hall–Kier alpha value is -3.93. The van der Waals surface area contributed by atoms with Gasteiger partial charge in [-0.15, -0.1) is 0 Å². The molecule has 1 aromatic carbocycles. The fourth-order valence-corrected chi connectivity index (χ4v) is 3.79. The first-order valence-electron chi connectivity index (χ1n) is 12.0. The van der Waals surface area contributed by atoms with Crippen LogP contribution in [0, 0.1) is 0 Å². The van der Waals surface area contributed by atoms with Crippen LogP contribution in [0.1, 0.15) is 30.5 Å². The molecule has 38 heavy (non-hydrogen) atoms. The molecule has 11 nitrogen and oxygen atoms in total. The van der Waals surface area contributed by atoms with Crippen LogP contribution in [0.3, 0.4) is 0 Å². The number of pyridine rings is 2. The normalized spacial score (nSPS) is 11.3. The van der Waals surface area contributed by atoms with Gasteiger partial charge in [0.2, 0.25) is 0 Å². The Bertz CT molecular complexity index is 1180. The van der Waals surface area contributed by atoms with Crippen LogP contribution in [0.25, 0.3) is 10.9 Å². The third-order valence-electron chi connectivity index (χ3n) is 5.61. The predicted molar refractivity (Wildman–Crippen MR) is 140 cm³/mol. The second-order valence-electron chi connectivity index (χ2n) is 9.15. The van der Waals surface area contributed by atoms with Crippen LogP contribution >= 0.6 is 0 Å². The van der Waals surface area contributed by atoms with Crippen LogP contribution in [-0.2, 0) is 27.5 Å². The summed E-state index contributed by atoms with van der Waals surface area (Å²) in [6, 6.07) is 16.6. The average molecular weight is 527 g/mol. The summed E-state index contributed by atoms with van der Waals surface area (Å²) < 4.78 is 0. The number of carbonyl (C=O) groups is 3. The largest absolute Gasteiger partial charge is 0.481 e. The van der Waals surface area contributed by atoms with E-state index in [0.29, 0.717) is 0 Å². The van der Waals surface area contributed by atoms with Crippen LogP contribution < -0.4 is 0 Å². The van der Waals surface area contributed by atoms with Crippen LogP contribution in [0.15, 0.2) is 60.9 Å². The number of nitrogens with zero attached hydrogens (tertiary/aromatic N) is 4. The van der Waals surface area contributed by atoms with Crippen LogP contribution in [0.4, 0.5) is 0 Å². The van der Waals surface area contributed by atoms with Crippen LogP contribution in [0.2, 0.25) is 0 Å². The molecule has 0 amide bonds. The van der Waals surface area contributed by atoms with Gasteiger partial charge >= 0.3 is 17.9 Å². The van der Waals surface area contributed by atoms with E-state index in [9.17, 15) is 14.4 Å². The third-order valence-corrected chi connectivity index (χ3v) is 5.61. The Morgan fingerprint density at radius 1 is 0.816 bits per heavy atom. The lowest BCUT2D eigenvalue weighted by Crippen LogP contribution is -2.42. The fraction of sp³-hybridized carbons (Fsp3) is 0.370. The molecule has 0 saturated carbocycles. The molecule has 0 aliphatic heterocycles. The van der Waals surface area contributed by atoms with Crippen LogP contribution in [0.5, 0.6) is 0 Å². The molecular formula is C27H34N4O7. The van der Waals surface area contributed by atoms with E-state index in [0.717, 1.165) is 43.8 Å². The predicted octanol–water partition coefficient (Wildman–Crippen LogP) is 2.34. The number of rotatable bonds is 13. The number of hydrogen-bond acceptors (Lipinski definition) is 8. The minimum Gasteiger partial charge on any atom is -0.481 e. The molecule has 0 aliphatic carbocycles. The Balaban J connectivity index is 0.000000332. The number of aliphatic hydroxyl groups is 1. The van der Waals surface area contributed by atoms with Crippen molar-refractivity contribution in [1.29, 1.82) is 0 Å². The maximum atomic E-state index is 10.3. The molecule has 0 fully saturated rings. The third kappa shape index (κ3) is 10.2. The first-order valence-corrected chi connectivity index (χ1v) is 12.0. The van der Waals surface area contributed by atoms with E-state index in [-0.39, 0.29) is 0 Å². The van der Waals surface area contributed by atoms with E-state index < -0.39 is 36.4 Å². The van der Waals surface area contributed by atoms with E-state index in [1.807, 2.05) is 24.5 Å². The first kappa shape index (κ1) is 30.3. The summed E-state index contributed by atoms with van der Waals surface area (Å²) >= 11 is 0. The number of benzene rings is 1. The Morgan fingerprint density at radius 2 is 1.47 bits per heavy atom. The van der Waals surface area contributed by atoms with Gasteiger partial charge < -0.3 is 25.3 Å². The summed E-state index contributed by atoms with van der Waals surface area (Å²) in [5, 5.41) is 35.1. The highest BCUT2D eigenvalue weighted by Gasteiger charge is 2.40. The summed E-state index contributed by atoms with van der Waals surface area (Å²) in [5.74, 6) is -5.02. The van der Waals surface area contributed by atoms with Crippen molar-refractivity contribution in [3.8, 4) is 0 Å². The summed E-state index contributed by atoms with van der Waals surface area (Å²) in [6.45, 7) is 3.92. The molecule has 0 radical (unpaired) electrons. The lowest BCUT2D eigenvalue weighted by molar-refractivity contribution is -0.170. The zero-order valence-electron chi connectivity index (χ0n) is 21.5. The van der Waals surface area contributed by atoms with Gasteiger partial charge in [-0.05, 0) is 56.9 Å². The minimum atomic E-state index is -2.74. The van der Waals surface area contributed by atoms with Gasteiger partial charge in [-0.25, -0.2) is 4.79 Å². The molecule has 2 aromatic heterocycles. The number of aliphatic carboxylic acids is 3. The highest BCUT2D eigenvalue weighted by atomic mass is 16.4. The maximum Gasteiger partial charge on any atom is 0.336 e. The van der Waals surface area contributed by atoms with E-state index in [1.54, 1.807) is 0 Å². The molecule has 11 heteroatoms. The zero-order chi connectivity index (χ0) is 28.1. The second-order valence-corrected chi connectivity index (χ2v) is 9.15. The van der Waals surface area contributed by atoms with E-state index in [1.165, 1.54) is 10.9 Å². The molecular weight excluding hydrogens is 492 g/mol. The molecule has 3 aromatic rings. The number of hydrogen-bond donors (Lipinski definition) is 4. The Kier molecular flexibility index (Phi) is 11.7. The summed E-state index contributed by atoms with van der Waals surface area (Å²) in [4.78, 5) is 44.2. The summed E-state index contributed by atoms with van der Waals surface area (Å²) in [5.41, 5.74) is 0.765. The quantitative estimate of drug-likeness (QED) is 0.258. The van der Waals surface area contributed by atoms with Crippen LogP contribution in [-0.4, -0.2) is 90.9 Å². The number of aromatic nitrogens is 2. The summed E-state index contributed by atoms with van der Waals surface area (Å²) in [7, 11) is 4.25. The van der Waals surface area contributed by atoms with Gasteiger partial charge in [0.15, 0.2) is 5.60 Å². The standard InChI is InChI=1S/C21H26N4.C6H8O7/c1-24(2)14-7-15-25(17-19-8-5-6-12-22-19)16-18-11-13-23-21-10-4-3-9-20(18)21;7-3(8)1-6(13,5(11)12)2-4(9)10/h3-6,8-13H,7,14-17H2,1-2H3;13H,1-2H2,(H,7,8)(H,9,10)(H,11,12). The minimum absolute atomic E-state index is 0.866. The van der Waals surface area contributed by atoms with Crippen molar-refractivity contribution in [1.82, 2.24) is 19.8 Å². The average Bonchev–Trinajstić information content (AvgIpc) is 2.84. The smallest absolute Gasteiger partial charge is 0.336 e. The van der Waals surface area contributed by atoms with Gasteiger partial charge in [-0.2, -0.15) is 0 Å². The molecule has 4 N–H and O–H groups in total. The SMILES string of the molecule is CN(C)CCCN(Cc1ccccn1)Cc1ccnc2ccccc12.O=C(O)CC(O)(CC(=O)O)C(=O)O. The maximum absolute atomic E-state index is 10.3. The fourth-order valence-electron chi connectivity index (χ4n) is 3.79. The van der Waals surface area contributed by atoms with Gasteiger partial charge in [0.1, 0.15) is 0 Å². The summed E-state index contributed by atoms with van der Waals surface area (Å²) in [6.07, 6.45) is 2.64. The monoisotopic (exact) mass is 526 g/mol. The van der Waals surface area contributed by atoms with Gasteiger partial charge in [0.05, 0.1) is 24.1 Å². The topological polar surface area (TPSA) is 164 Å². The van der Waals surface area contributed by atoms with Crippen molar-refractivity contribution in [2.24, 2.45) is 0 Å². The van der Waals surface area contributed by atoms with Crippen molar-refractivity contribution in [2.45, 2.75) is 38.0 Å². The van der Waals surface area contributed by atoms with Crippen molar-refractivity contribution in [2.75, 3.05) is 27.2 Å². The van der Waals surface area contributed by atoms with Crippen molar-refractivity contribution >= 4 is 28.8 Å². The van der Waals surface area contributed by atoms with Crippen molar-refractivity contribution < 1.29 is 34.8 Å². The number of carboxylic acids is 3. The van der Waals surface area contributed by atoms with Crippen molar-refractivity contribution in [3.63, 3.8) is 0 Å². The Morgan fingerprint density at radius 3 is 2.05 bits per heavy atom. The number of carboxylic acid groups (broad SMARTS) is 3. The van der Waals surface area contributed by atoms with Gasteiger partial charge in [-0.1, -0.05) is 24.3 Å². The van der Waals surface area contributed by atoms with Gasteiger partial charge in [0, 0.05) is 37.4 Å². The Labute approximate surface area is 221 Å². The molecule has 0 atom stereocenters. The van der Waals surface area contributed by atoms with E-state index in [4.69, 9.17) is 20.4 Å². The van der Waals surface area contributed by atoms with Gasteiger partial charge in [0.25, 0.3) is 0 Å². The van der Waals surface area contributed by atoms with Gasteiger partial charge in [-0.3, -0.25) is 24.5 Å². The van der Waals surface area contributed by atoms with E-state index >= 15 is 0 Å². The molecule has 2 heterocycles. The molecule has 204 valence electrons. The zero-order valence-corrected chi connectivity index (χ0v) is 21.5. The molecule has 0 unspecified atom stereocenters.